The second-order valence-electron chi connectivity index (χ2n) is 4.62. The SMILES string of the molecule is C[N+](C)(C)c1ccc(C=O)cc1.O=S(=O)([O-])C(F)(F)F. The number of hydrogen-bond acceptors (Lipinski definition) is 4. The maximum atomic E-state index is 10.7. The Labute approximate surface area is 115 Å². The molecule has 1 aromatic rings. The molecular formula is C11H14F3NO4S. The predicted molar refractivity (Wildman–Crippen MR) is 67.1 cm³/mol. The number of halogens is 3. The summed E-state index contributed by atoms with van der Waals surface area (Å²) in [5, 5.41) is 0. The molecule has 0 spiro atoms. The lowest BCUT2D eigenvalue weighted by Crippen LogP contribution is -2.34. The van der Waals surface area contributed by atoms with Crippen molar-refractivity contribution in [3.63, 3.8) is 0 Å². The molecular weight excluding hydrogens is 299 g/mol. The minimum atomic E-state index is -6.09. The van der Waals surface area contributed by atoms with Gasteiger partial charge < -0.3 is 4.55 Å². The minimum Gasteiger partial charge on any atom is -0.741 e. The Morgan fingerprint density at radius 2 is 1.45 bits per heavy atom. The summed E-state index contributed by atoms with van der Waals surface area (Å²) >= 11 is 0. The van der Waals surface area contributed by atoms with E-state index in [9.17, 15) is 18.0 Å². The molecule has 9 heteroatoms. The fraction of sp³-hybridized carbons (Fsp3) is 0.364. The number of alkyl halides is 3. The van der Waals surface area contributed by atoms with Crippen LogP contribution in [0.2, 0.25) is 0 Å². The van der Waals surface area contributed by atoms with Crippen molar-refractivity contribution in [2.45, 2.75) is 5.51 Å². The first-order valence-electron chi connectivity index (χ1n) is 5.18. The van der Waals surface area contributed by atoms with E-state index in [1.54, 1.807) is 0 Å². The van der Waals surface area contributed by atoms with Crippen LogP contribution in [0.5, 0.6) is 0 Å². The third-order valence-corrected chi connectivity index (χ3v) is 2.65. The number of carbonyl (C=O) groups excluding carboxylic acids is 1. The molecule has 0 saturated carbocycles. The van der Waals surface area contributed by atoms with Crippen LogP contribution in [0.15, 0.2) is 24.3 Å². The average molecular weight is 313 g/mol. The van der Waals surface area contributed by atoms with Crippen molar-refractivity contribution in [2.75, 3.05) is 21.1 Å². The van der Waals surface area contributed by atoms with Gasteiger partial charge in [-0.3, -0.25) is 9.28 Å². The lowest BCUT2D eigenvalue weighted by atomic mass is 10.2. The van der Waals surface area contributed by atoms with Crippen LogP contribution >= 0.6 is 0 Å². The summed E-state index contributed by atoms with van der Waals surface area (Å²) in [5.74, 6) is 0. The first-order valence-corrected chi connectivity index (χ1v) is 6.59. The monoisotopic (exact) mass is 313 g/mol. The third kappa shape index (κ3) is 6.13. The van der Waals surface area contributed by atoms with E-state index in [0.717, 1.165) is 16.3 Å². The molecule has 1 aromatic carbocycles. The van der Waals surface area contributed by atoms with Crippen LogP contribution in [0.4, 0.5) is 18.9 Å². The normalized spacial score (nSPS) is 12.3. The number of rotatable bonds is 2. The first-order chi connectivity index (χ1) is 8.79. The van der Waals surface area contributed by atoms with Gasteiger partial charge in [-0.15, -0.1) is 0 Å². The Morgan fingerprint density at radius 3 is 1.65 bits per heavy atom. The lowest BCUT2D eigenvalue weighted by Gasteiger charge is -2.23. The van der Waals surface area contributed by atoms with Crippen molar-refractivity contribution in [3.8, 4) is 0 Å². The summed E-state index contributed by atoms with van der Waals surface area (Å²) in [6.07, 6.45) is 0.861. The molecule has 0 amide bonds. The van der Waals surface area contributed by atoms with Crippen LogP contribution < -0.4 is 4.48 Å². The van der Waals surface area contributed by atoms with Gasteiger partial charge in [0.15, 0.2) is 10.1 Å². The Balaban J connectivity index is 0.000000396. The van der Waals surface area contributed by atoms with E-state index >= 15 is 0 Å². The molecule has 0 N–H and O–H groups in total. The van der Waals surface area contributed by atoms with E-state index in [4.69, 9.17) is 13.0 Å². The van der Waals surface area contributed by atoms with E-state index in [0.29, 0.717) is 0 Å². The van der Waals surface area contributed by atoms with Crippen LogP contribution in [0.3, 0.4) is 0 Å². The highest BCUT2D eigenvalue weighted by atomic mass is 32.2. The van der Waals surface area contributed by atoms with Gasteiger partial charge in [0.1, 0.15) is 12.0 Å². The van der Waals surface area contributed by atoms with Crippen LogP contribution in [-0.2, 0) is 10.1 Å². The van der Waals surface area contributed by atoms with Gasteiger partial charge in [0.25, 0.3) is 0 Å². The molecule has 0 aliphatic heterocycles. The molecule has 0 aliphatic rings. The Bertz CT molecular complexity index is 545. The third-order valence-electron chi connectivity index (χ3n) is 2.09. The molecule has 1 rings (SSSR count). The topological polar surface area (TPSA) is 74.3 Å². The second kappa shape index (κ2) is 6.33. The molecule has 20 heavy (non-hydrogen) atoms. The zero-order valence-electron chi connectivity index (χ0n) is 11.0. The molecule has 0 aliphatic carbocycles. The van der Waals surface area contributed by atoms with Crippen molar-refractivity contribution >= 4 is 22.1 Å². The number of nitrogens with zero attached hydrogens (tertiary/aromatic N) is 1. The molecule has 0 radical (unpaired) electrons. The number of carbonyl (C=O) groups is 1. The van der Waals surface area contributed by atoms with Crippen LogP contribution in [0, 0.1) is 0 Å². The van der Waals surface area contributed by atoms with Crippen LogP contribution in [0.25, 0.3) is 0 Å². The maximum Gasteiger partial charge on any atom is 0.485 e. The number of quaternary nitrogens is 1. The van der Waals surface area contributed by atoms with E-state index in [-0.39, 0.29) is 0 Å². The minimum absolute atomic E-state index is 0.729. The van der Waals surface area contributed by atoms with E-state index in [1.165, 1.54) is 5.69 Å². The fourth-order valence-corrected chi connectivity index (χ4v) is 1.00. The van der Waals surface area contributed by atoms with Gasteiger partial charge in [-0.1, -0.05) is 0 Å². The molecule has 0 aromatic heterocycles. The summed E-state index contributed by atoms with van der Waals surface area (Å²) in [4.78, 5) is 10.4. The molecule has 0 fully saturated rings. The largest absolute Gasteiger partial charge is 0.741 e. The zero-order chi connectivity index (χ0) is 16.2. The predicted octanol–water partition coefficient (Wildman–Crippen LogP) is 1.75. The molecule has 0 heterocycles. The summed E-state index contributed by atoms with van der Waals surface area (Å²) in [6.45, 7) is 0. The molecule has 0 saturated heterocycles. The molecule has 5 nitrogen and oxygen atoms in total. The first kappa shape index (κ1) is 18.6. The Kier molecular flexibility index (Phi) is 5.87. The van der Waals surface area contributed by atoms with Gasteiger partial charge in [-0.2, -0.15) is 13.2 Å². The maximum absolute atomic E-state index is 10.7. The fourth-order valence-electron chi connectivity index (χ4n) is 1.00. The van der Waals surface area contributed by atoms with E-state index < -0.39 is 15.6 Å². The molecule has 114 valence electrons. The van der Waals surface area contributed by atoms with Gasteiger partial charge >= 0.3 is 5.51 Å². The molecule has 0 unspecified atom stereocenters. The van der Waals surface area contributed by atoms with Gasteiger partial charge in [0.2, 0.25) is 0 Å². The average Bonchev–Trinajstić information content (AvgIpc) is 2.26. The van der Waals surface area contributed by atoms with Crippen molar-refractivity contribution in [2.24, 2.45) is 0 Å². The van der Waals surface area contributed by atoms with Crippen molar-refractivity contribution in [1.29, 1.82) is 0 Å². The highest BCUT2D eigenvalue weighted by molar-refractivity contribution is 7.86. The van der Waals surface area contributed by atoms with Gasteiger partial charge in [0, 0.05) is 5.56 Å². The van der Waals surface area contributed by atoms with Crippen LogP contribution in [0.1, 0.15) is 10.4 Å². The van der Waals surface area contributed by atoms with Crippen molar-refractivity contribution < 1.29 is 30.9 Å². The molecule has 0 atom stereocenters. The lowest BCUT2D eigenvalue weighted by molar-refractivity contribution is -0.0517. The van der Waals surface area contributed by atoms with Crippen molar-refractivity contribution in [3.05, 3.63) is 29.8 Å². The van der Waals surface area contributed by atoms with Crippen molar-refractivity contribution in [1.82, 2.24) is 4.48 Å². The molecule has 0 bridgehead atoms. The summed E-state index contributed by atoms with van der Waals surface area (Å²) in [5.41, 5.74) is -3.72. The number of hydrogen-bond donors (Lipinski definition) is 0. The second-order valence-corrected chi connectivity index (χ2v) is 5.99. The van der Waals surface area contributed by atoms with Gasteiger partial charge in [-0.25, -0.2) is 8.42 Å². The quantitative estimate of drug-likeness (QED) is 0.361. The standard InChI is InChI=1S/C10H14NO.CHF3O3S/c1-11(2,3)10-6-4-9(8-12)5-7-10;2-1(3,4)8(5,6)7/h4-8H,1-3H3;(H,5,6,7)/q+1;/p-1. The van der Waals surface area contributed by atoms with E-state index in [1.807, 2.05) is 24.3 Å². The Hall–Kier alpha value is -1.45. The van der Waals surface area contributed by atoms with Gasteiger partial charge in [-0.05, 0) is 24.3 Å². The highest BCUT2D eigenvalue weighted by Crippen LogP contribution is 2.20. The number of benzene rings is 1. The smallest absolute Gasteiger partial charge is 0.485 e. The zero-order valence-corrected chi connectivity index (χ0v) is 11.8. The Morgan fingerprint density at radius 1 is 1.10 bits per heavy atom. The van der Waals surface area contributed by atoms with Crippen LogP contribution in [-0.4, -0.2) is 45.9 Å². The summed E-state index contributed by atoms with van der Waals surface area (Å²) in [7, 11) is 0.189. The van der Waals surface area contributed by atoms with Gasteiger partial charge in [0.05, 0.1) is 21.1 Å². The highest BCUT2D eigenvalue weighted by Gasteiger charge is 2.36. The number of aldehydes is 1. The summed E-state index contributed by atoms with van der Waals surface area (Å²) < 4.78 is 59.7. The summed E-state index contributed by atoms with van der Waals surface area (Å²) in [6, 6.07) is 7.63. The van der Waals surface area contributed by atoms with E-state index in [2.05, 4.69) is 21.1 Å².